The lowest BCUT2D eigenvalue weighted by Crippen LogP contribution is -2.18. The number of pyridine rings is 1. The minimum Gasteiger partial charge on any atom is -0.330 e. The molecule has 1 aromatic heterocycles. The van der Waals surface area contributed by atoms with Crippen molar-refractivity contribution in [2.24, 2.45) is 11.7 Å². The highest BCUT2D eigenvalue weighted by Gasteiger charge is 2.19. The largest absolute Gasteiger partial charge is 0.330 e. The Hall–Kier alpha value is -0.890. The highest BCUT2D eigenvalue weighted by atomic mass is 14.6. The molecule has 1 aromatic rings. The Morgan fingerprint density at radius 2 is 1.88 bits per heavy atom. The van der Waals surface area contributed by atoms with Crippen LogP contribution < -0.4 is 5.73 Å². The lowest BCUT2D eigenvalue weighted by molar-refractivity contribution is 0.319. The second-order valence-corrected chi connectivity index (χ2v) is 4.95. The van der Waals surface area contributed by atoms with Crippen molar-refractivity contribution in [1.29, 1.82) is 0 Å². The summed E-state index contributed by atoms with van der Waals surface area (Å²) in [5.74, 6) is 1.43. The van der Waals surface area contributed by atoms with E-state index >= 15 is 0 Å². The van der Waals surface area contributed by atoms with Crippen molar-refractivity contribution in [3.05, 3.63) is 30.1 Å². The van der Waals surface area contributed by atoms with E-state index in [4.69, 9.17) is 5.73 Å². The van der Waals surface area contributed by atoms with Crippen molar-refractivity contribution in [2.75, 3.05) is 6.54 Å². The number of hydrogen-bond acceptors (Lipinski definition) is 2. The predicted octanol–water partition coefficient (Wildman–Crippen LogP) is 3.09. The molecular formula is C14H22N2. The van der Waals surface area contributed by atoms with E-state index in [-0.39, 0.29) is 0 Å². The standard InChI is InChI=1S/C14H22N2/c15-11-14(13-6-8-16-9-7-13)10-12-4-2-1-3-5-12/h6-9,12,14H,1-5,10-11,15H2. The third-order valence-electron chi connectivity index (χ3n) is 3.80. The summed E-state index contributed by atoms with van der Waals surface area (Å²) in [7, 11) is 0. The zero-order chi connectivity index (χ0) is 11.2. The first-order valence-corrected chi connectivity index (χ1v) is 6.50. The number of nitrogens with zero attached hydrogens (tertiary/aromatic N) is 1. The second kappa shape index (κ2) is 6.00. The van der Waals surface area contributed by atoms with Crippen LogP contribution in [-0.4, -0.2) is 11.5 Å². The minimum atomic E-state index is 0.533. The quantitative estimate of drug-likeness (QED) is 0.843. The van der Waals surface area contributed by atoms with E-state index in [1.807, 2.05) is 12.4 Å². The molecule has 2 rings (SSSR count). The fourth-order valence-electron chi connectivity index (χ4n) is 2.83. The fraction of sp³-hybridized carbons (Fsp3) is 0.643. The molecule has 2 heteroatoms. The van der Waals surface area contributed by atoms with Gasteiger partial charge in [0, 0.05) is 12.4 Å². The summed E-state index contributed by atoms with van der Waals surface area (Å²) in [6.45, 7) is 0.764. The molecule has 0 spiro atoms. The fourth-order valence-corrected chi connectivity index (χ4v) is 2.83. The molecule has 1 fully saturated rings. The van der Waals surface area contributed by atoms with Crippen molar-refractivity contribution in [3.8, 4) is 0 Å². The van der Waals surface area contributed by atoms with E-state index in [0.717, 1.165) is 12.5 Å². The van der Waals surface area contributed by atoms with Crippen molar-refractivity contribution in [3.63, 3.8) is 0 Å². The molecular weight excluding hydrogens is 196 g/mol. The van der Waals surface area contributed by atoms with E-state index in [0.29, 0.717) is 5.92 Å². The Kier molecular flexibility index (Phi) is 4.34. The Morgan fingerprint density at radius 1 is 1.19 bits per heavy atom. The van der Waals surface area contributed by atoms with Gasteiger partial charge in [0.05, 0.1) is 0 Å². The van der Waals surface area contributed by atoms with Crippen LogP contribution >= 0.6 is 0 Å². The molecule has 2 N–H and O–H groups in total. The molecule has 0 aliphatic heterocycles. The summed E-state index contributed by atoms with van der Waals surface area (Å²) >= 11 is 0. The maximum atomic E-state index is 5.90. The first-order chi connectivity index (χ1) is 7.90. The van der Waals surface area contributed by atoms with Crippen LogP contribution in [0, 0.1) is 5.92 Å². The second-order valence-electron chi connectivity index (χ2n) is 4.95. The highest BCUT2D eigenvalue weighted by Crippen LogP contribution is 2.32. The zero-order valence-electron chi connectivity index (χ0n) is 9.94. The van der Waals surface area contributed by atoms with Gasteiger partial charge in [-0.15, -0.1) is 0 Å². The van der Waals surface area contributed by atoms with Gasteiger partial charge in [-0.25, -0.2) is 0 Å². The maximum Gasteiger partial charge on any atom is 0.0270 e. The van der Waals surface area contributed by atoms with Crippen molar-refractivity contribution in [1.82, 2.24) is 4.98 Å². The smallest absolute Gasteiger partial charge is 0.0270 e. The maximum absolute atomic E-state index is 5.90. The van der Waals surface area contributed by atoms with Crippen molar-refractivity contribution < 1.29 is 0 Å². The van der Waals surface area contributed by atoms with E-state index < -0.39 is 0 Å². The molecule has 88 valence electrons. The normalized spacial score (nSPS) is 19.6. The van der Waals surface area contributed by atoms with Crippen LogP contribution in [0.1, 0.15) is 50.0 Å². The van der Waals surface area contributed by atoms with E-state index in [2.05, 4.69) is 17.1 Å². The SMILES string of the molecule is NCC(CC1CCCCC1)c1ccncc1. The van der Waals surface area contributed by atoms with Crippen molar-refractivity contribution in [2.45, 2.75) is 44.4 Å². The summed E-state index contributed by atoms with van der Waals surface area (Å²) in [5.41, 5.74) is 7.27. The van der Waals surface area contributed by atoms with Crippen LogP contribution in [0.2, 0.25) is 0 Å². The molecule has 0 amide bonds. The predicted molar refractivity (Wildman–Crippen MR) is 67.2 cm³/mol. The first-order valence-electron chi connectivity index (χ1n) is 6.50. The van der Waals surface area contributed by atoms with Gasteiger partial charge < -0.3 is 5.73 Å². The van der Waals surface area contributed by atoms with Gasteiger partial charge in [-0.3, -0.25) is 4.98 Å². The van der Waals surface area contributed by atoms with E-state index in [9.17, 15) is 0 Å². The lowest BCUT2D eigenvalue weighted by atomic mass is 9.81. The summed E-state index contributed by atoms with van der Waals surface area (Å²) in [6.07, 6.45) is 12.1. The summed E-state index contributed by atoms with van der Waals surface area (Å²) in [5, 5.41) is 0. The molecule has 0 radical (unpaired) electrons. The third kappa shape index (κ3) is 3.05. The van der Waals surface area contributed by atoms with Gasteiger partial charge in [-0.05, 0) is 42.5 Å². The molecule has 1 saturated carbocycles. The van der Waals surface area contributed by atoms with Crippen LogP contribution in [0.4, 0.5) is 0 Å². The number of nitrogens with two attached hydrogens (primary N) is 1. The van der Waals surface area contributed by atoms with Gasteiger partial charge >= 0.3 is 0 Å². The van der Waals surface area contributed by atoms with Crippen molar-refractivity contribution >= 4 is 0 Å². The molecule has 1 aliphatic rings. The molecule has 0 bridgehead atoms. The van der Waals surface area contributed by atoms with Crippen LogP contribution in [-0.2, 0) is 0 Å². The Morgan fingerprint density at radius 3 is 2.50 bits per heavy atom. The monoisotopic (exact) mass is 218 g/mol. The Bertz CT molecular complexity index is 291. The van der Waals surface area contributed by atoms with E-state index in [1.165, 1.54) is 44.1 Å². The van der Waals surface area contributed by atoms with E-state index in [1.54, 1.807) is 0 Å². The first kappa shape index (κ1) is 11.6. The number of aromatic nitrogens is 1. The summed E-state index contributed by atoms with van der Waals surface area (Å²) in [6, 6.07) is 4.22. The molecule has 1 unspecified atom stereocenters. The molecule has 1 aliphatic carbocycles. The highest BCUT2D eigenvalue weighted by molar-refractivity contribution is 5.16. The van der Waals surface area contributed by atoms with Crippen LogP contribution in [0.3, 0.4) is 0 Å². The van der Waals surface area contributed by atoms with Gasteiger partial charge in [0.25, 0.3) is 0 Å². The number of hydrogen-bond donors (Lipinski definition) is 1. The van der Waals surface area contributed by atoms with Gasteiger partial charge in [0.2, 0.25) is 0 Å². The molecule has 16 heavy (non-hydrogen) atoms. The van der Waals surface area contributed by atoms with Crippen LogP contribution in [0.15, 0.2) is 24.5 Å². The average molecular weight is 218 g/mol. The summed E-state index contributed by atoms with van der Waals surface area (Å²) < 4.78 is 0. The molecule has 2 nitrogen and oxygen atoms in total. The molecule has 0 saturated heterocycles. The Balaban J connectivity index is 1.94. The van der Waals surface area contributed by atoms with Gasteiger partial charge in [-0.1, -0.05) is 32.1 Å². The summed E-state index contributed by atoms with van der Waals surface area (Å²) in [4.78, 5) is 4.07. The topological polar surface area (TPSA) is 38.9 Å². The average Bonchev–Trinajstić information content (AvgIpc) is 2.38. The lowest BCUT2D eigenvalue weighted by Gasteiger charge is -2.26. The number of rotatable bonds is 4. The van der Waals surface area contributed by atoms with Gasteiger partial charge in [-0.2, -0.15) is 0 Å². The molecule has 1 atom stereocenters. The van der Waals surface area contributed by atoms with Gasteiger partial charge in [0.1, 0.15) is 0 Å². The zero-order valence-corrected chi connectivity index (χ0v) is 9.94. The minimum absolute atomic E-state index is 0.533. The Labute approximate surface area is 98.3 Å². The molecule has 0 aromatic carbocycles. The van der Waals surface area contributed by atoms with Gasteiger partial charge in [0.15, 0.2) is 0 Å². The third-order valence-corrected chi connectivity index (χ3v) is 3.80. The van der Waals surface area contributed by atoms with Crippen LogP contribution in [0.25, 0.3) is 0 Å². The molecule has 1 heterocycles. The van der Waals surface area contributed by atoms with Crippen LogP contribution in [0.5, 0.6) is 0 Å².